The van der Waals surface area contributed by atoms with Gasteiger partial charge >= 0.3 is 0 Å². The van der Waals surface area contributed by atoms with Crippen LogP contribution in [0.5, 0.6) is 0 Å². The summed E-state index contributed by atoms with van der Waals surface area (Å²) < 4.78 is 5.54. The van der Waals surface area contributed by atoms with E-state index in [0.717, 1.165) is 30.8 Å². The topological polar surface area (TPSA) is 50.4 Å². The molecule has 1 fully saturated rings. The van der Waals surface area contributed by atoms with Crippen molar-refractivity contribution in [3.05, 3.63) is 23.8 Å². The Bertz CT molecular complexity index is 473. The van der Waals surface area contributed by atoms with Gasteiger partial charge in [0.05, 0.1) is 12.1 Å². The first kappa shape index (κ1) is 11.5. The highest BCUT2D eigenvalue weighted by atomic mass is 16.5. The summed E-state index contributed by atoms with van der Waals surface area (Å²) in [6.07, 6.45) is 2.72. The predicted octanol–water partition coefficient (Wildman–Crippen LogP) is 2.16. The van der Waals surface area contributed by atoms with Crippen LogP contribution in [0.2, 0.25) is 0 Å². The van der Waals surface area contributed by atoms with Crippen LogP contribution in [0.4, 0.5) is 11.4 Å². The average molecular weight is 246 g/mol. The molecule has 1 amide bonds. The van der Waals surface area contributed by atoms with Gasteiger partial charge in [0.15, 0.2) is 0 Å². The summed E-state index contributed by atoms with van der Waals surface area (Å²) in [5, 5.41) is 6.41. The maximum atomic E-state index is 11.3. The lowest BCUT2D eigenvalue weighted by molar-refractivity contribution is -0.116. The molecule has 2 N–H and O–H groups in total. The second-order valence-corrected chi connectivity index (χ2v) is 5.04. The monoisotopic (exact) mass is 246 g/mol. The summed E-state index contributed by atoms with van der Waals surface area (Å²) >= 11 is 0. The standard InChI is InChI=1S/C14H18N2O2/c1-9-12(6-7-18-9)15-11-3-4-13-10(8-11)2-5-14(17)16-13/h3-4,8-9,12,15H,2,5-7H2,1H3,(H,16,17). The zero-order valence-electron chi connectivity index (χ0n) is 10.5. The van der Waals surface area contributed by atoms with Crippen molar-refractivity contribution in [3.63, 3.8) is 0 Å². The number of carbonyl (C=O) groups is 1. The summed E-state index contributed by atoms with van der Waals surface area (Å²) in [6.45, 7) is 2.93. The molecule has 18 heavy (non-hydrogen) atoms. The van der Waals surface area contributed by atoms with Crippen LogP contribution in [-0.4, -0.2) is 24.7 Å². The summed E-state index contributed by atoms with van der Waals surface area (Å²) in [5.41, 5.74) is 3.28. The fourth-order valence-corrected chi connectivity index (χ4v) is 2.61. The molecule has 3 rings (SSSR count). The molecule has 96 valence electrons. The van der Waals surface area contributed by atoms with Gasteiger partial charge in [-0.1, -0.05) is 0 Å². The summed E-state index contributed by atoms with van der Waals surface area (Å²) in [4.78, 5) is 11.3. The van der Waals surface area contributed by atoms with Crippen molar-refractivity contribution < 1.29 is 9.53 Å². The molecule has 0 bridgehead atoms. The van der Waals surface area contributed by atoms with Crippen LogP contribution < -0.4 is 10.6 Å². The van der Waals surface area contributed by atoms with Crippen LogP contribution in [0.1, 0.15) is 25.3 Å². The fraction of sp³-hybridized carbons (Fsp3) is 0.500. The minimum atomic E-state index is 0.112. The predicted molar refractivity (Wildman–Crippen MR) is 70.8 cm³/mol. The number of anilines is 2. The smallest absolute Gasteiger partial charge is 0.224 e. The number of hydrogen-bond acceptors (Lipinski definition) is 3. The van der Waals surface area contributed by atoms with Gasteiger partial charge in [-0.25, -0.2) is 0 Å². The van der Waals surface area contributed by atoms with E-state index in [1.165, 1.54) is 5.56 Å². The van der Waals surface area contributed by atoms with Crippen LogP contribution >= 0.6 is 0 Å². The van der Waals surface area contributed by atoms with Gasteiger partial charge in [-0.15, -0.1) is 0 Å². The van der Waals surface area contributed by atoms with Crippen LogP contribution in [0, 0.1) is 0 Å². The molecule has 2 atom stereocenters. The molecular formula is C14H18N2O2. The van der Waals surface area contributed by atoms with Gasteiger partial charge < -0.3 is 15.4 Å². The van der Waals surface area contributed by atoms with E-state index in [1.807, 2.05) is 12.1 Å². The Morgan fingerprint density at radius 3 is 3.06 bits per heavy atom. The van der Waals surface area contributed by atoms with E-state index in [1.54, 1.807) is 0 Å². The largest absolute Gasteiger partial charge is 0.380 e. The van der Waals surface area contributed by atoms with Gasteiger partial charge in [0, 0.05) is 24.4 Å². The first-order chi connectivity index (χ1) is 8.72. The van der Waals surface area contributed by atoms with Gasteiger partial charge in [0.2, 0.25) is 5.91 Å². The van der Waals surface area contributed by atoms with Crippen molar-refractivity contribution in [3.8, 4) is 0 Å². The number of hydrogen-bond donors (Lipinski definition) is 2. The maximum Gasteiger partial charge on any atom is 0.224 e. The molecule has 1 saturated heterocycles. The minimum absolute atomic E-state index is 0.112. The Morgan fingerprint density at radius 2 is 2.28 bits per heavy atom. The Hall–Kier alpha value is -1.55. The Morgan fingerprint density at radius 1 is 1.39 bits per heavy atom. The second-order valence-electron chi connectivity index (χ2n) is 5.04. The number of carbonyl (C=O) groups excluding carboxylic acids is 1. The summed E-state index contributed by atoms with van der Waals surface area (Å²) in [5.74, 6) is 0.112. The van der Waals surface area contributed by atoms with Crippen LogP contribution in [-0.2, 0) is 16.0 Å². The van der Waals surface area contributed by atoms with E-state index in [4.69, 9.17) is 4.74 Å². The molecule has 0 aromatic heterocycles. The lowest BCUT2D eigenvalue weighted by Gasteiger charge is -2.21. The molecular weight excluding hydrogens is 228 g/mol. The normalized spacial score (nSPS) is 26.6. The van der Waals surface area contributed by atoms with Crippen molar-refractivity contribution in [2.75, 3.05) is 17.2 Å². The van der Waals surface area contributed by atoms with E-state index in [0.29, 0.717) is 12.5 Å². The number of rotatable bonds is 2. The van der Waals surface area contributed by atoms with E-state index in [2.05, 4.69) is 23.6 Å². The lowest BCUT2D eigenvalue weighted by atomic mass is 10.0. The SMILES string of the molecule is CC1OCCC1Nc1ccc2c(c1)CCC(=O)N2. The number of fused-ring (bicyclic) bond motifs is 1. The Kier molecular flexibility index (Phi) is 2.96. The molecule has 0 aliphatic carbocycles. The summed E-state index contributed by atoms with van der Waals surface area (Å²) in [7, 11) is 0. The number of benzene rings is 1. The highest BCUT2D eigenvalue weighted by molar-refractivity contribution is 5.94. The van der Waals surface area contributed by atoms with Gasteiger partial charge in [-0.05, 0) is 43.5 Å². The van der Waals surface area contributed by atoms with Crippen molar-refractivity contribution in [2.45, 2.75) is 38.3 Å². The molecule has 4 nitrogen and oxygen atoms in total. The van der Waals surface area contributed by atoms with Gasteiger partial charge in [-0.3, -0.25) is 4.79 Å². The first-order valence-corrected chi connectivity index (χ1v) is 6.53. The Balaban J connectivity index is 1.76. The molecule has 4 heteroatoms. The van der Waals surface area contributed by atoms with E-state index < -0.39 is 0 Å². The molecule has 0 spiro atoms. The zero-order chi connectivity index (χ0) is 12.5. The van der Waals surface area contributed by atoms with Gasteiger partial charge in [-0.2, -0.15) is 0 Å². The molecule has 1 aromatic carbocycles. The van der Waals surface area contributed by atoms with Crippen molar-refractivity contribution in [1.29, 1.82) is 0 Å². The van der Waals surface area contributed by atoms with Crippen molar-refractivity contribution >= 4 is 17.3 Å². The third kappa shape index (κ3) is 2.20. The third-order valence-electron chi connectivity index (χ3n) is 3.73. The van der Waals surface area contributed by atoms with Crippen LogP contribution in [0.15, 0.2) is 18.2 Å². The molecule has 0 radical (unpaired) electrons. The highest BCUT2D eigenvalue weighted by Crippen LogP contribution is 2.27. The number of amides is 1. The van der Waals surface area contributed by atoms with Crippen LogP contribution in [0.25, 0.3) is 0 Å². The zero-order valence-corrected chi connectivity index (χ0v) is 10.5. The van der Waals surface area contributed by atoms with Gasteiger partial charge in [0.25, 0.3) is 0 Å². The van der Waals surface area contributed by atoms with Crippen LogP contribution in [0.3, 0.4) is 0 Å². The van der Waals surface area contributed by atoms with Gasteiger partial charge in [0.1, 0.15) is 0 Å². The Labute approximate surface area is 107 Å². The van der Waals surface area contributed by atoms with E-state index in [9.17, 15) is 4.79 Å². The maximum absolute atomic E-state index is 11.3. The average Bonchev–Trinajstić information content (AvgIpc) is 2.75. The first-order valence-electron chi connectivity index (χ1n) is 6.53. The minimum Gasteiger partial charge on any atom is -0.380 e. The number of ether oxygens (including phenoxy) is 1. The lowest BCUT2D eigenvalue weighted by Crippen LogP contribution is -2.27. The summed E-state index contributed by atoms with van der Waals surface area (Å²) in [6, 6.07) is 6.53. The third-order valence-corrected chi connectivity index (χ3v) is 3.73. The molecule has 0 saturated carbocycles. The van der Waals surface area contributed by atoms with Crippen molar-refractivity contribution in [2.24, 2.45) is 0 Å². The quantitative estimate of drug-likeness (QED) is 0.840. The number of aryl methyl sites for hydroxylation is 1. The second kappa shape index (κ2) is 4.61. The van der Waals surface area contributed by atoms with Crippen molar-refractivity contribution in [1.82, 2.24) is 0 Å². The fourth-order valence-electron chi connectivity index (χ4n) is 2.61. The molecule has 1 aromatic rings. The van der Waals surface area contributed by atoms with E-state index in [-0.39, 0.29) is 12.0 Å². The number of nitrogens with one attached hydrogen (secondary N) is 2. The molecule has 2 heterocycles. The van der Waals surface area contributed by atoms with E-state index >= 15 is 0 Å². The molecule has 2 aliphatic rings. The highest BCUT2D eigenvalue weighted by Gasteiger charge is 2.24. The molecule has 2 unspecified atom stereocenters. The molecule has 2 aliphatic heterocycles.